The Balaban J connectivity index is 1.71. The molecule has 27 heavy (non-hydrogen) atoms. The van der Waals surface area contributed by atoms with Crippen molar-refractivity contribution in [1.29, 1.82) is 0 Å². The van der Waals surface area contributed by atoms with E-state index < -0.39 is 10.0 Å². The Morgan fingerprint density at radius 1 is 1.26 bits per heavy atom. The second-order valence-corrected chi connectivity index (χ2v) is 8.62. The molecular formula is C18H25N3O5S. The number of likely N-dealkylation sites (tertiary alicyclic amines) is 1. The molecular weight excluding hydrogens is 370 g/mol. The monoisotopic (exact) mass is 395 g/mol. The zero-order valence-corrected chi connectivity index (χ0v) is 16.2. The Hall–Kier alpha value is -1.97. The number of nitrogens with one attached hydrogen (secondary N) is 1. The SMILES string of the molecule is CCOC1CCCN(C(=O)c2ccc(S(=O)(=O)N3CCNC(=O)C3)cc2)C1. The maximum absolute atomic E-state index is 12.7. The third-order valence-electron chi connectivity index (χ3n) is 4.81. The average Bonchev–Trinajstić information content (AvgIpc) is 2.68. The van der Waals surface area contributed by atoms with E-state index in [1.807, 2.05) is 6.92 Å². The Labute approximate surface area is 159 Å². The highest BCUT2D eigenvalue weighted by molar-refractivity contribution is 7.89. The summed E-state index contributed by atoms with van der Waals surface area (Å²) in [6.07, 6.45) is 1.88. The first-order valence-corrected chi connectivity index (χ1v) is 10.6. The van der Waals surface area contributed by atoms with Crippen LogP contribution in [0.1, 0.15) is 30.1 Å². The van der Waals surface area contributed by atoms with Gasteiger partial charge in [-0.1, -0.05) is 0 Å². The van der Waals surface area contributed by atoms with Crippen molar-refractivity contribution >= 4 is 21.8 Å². The molecule has 148 valence electrons. The predicted octanol–water partition coefficient (Wildman–Crippen LogP) is 0.448. The minimum Gasteiger partial charge on any atom is -0.377 e. The summed E-state index contributed by atoms with van der Waals surface area (Å²) in [5.74, 6) is -0.439. The molecule has 2 aliphatic rings. The van der Waals surface area contributed by atoms with Gasteiger partial charge in [0, 0.05) is 38.3 Å². The summed E-state index contributed by atoms with van der Waals surface area (Å²) in [4.78, 5) is 26.0. The fourth-order valence-electron chi connectivity index (χ4n) is 3.42. The molecule has 1 unspecified atom stereocenters. The molecule has 3 rings (SSSR count). The van der Waals surface area contributed by atoms with Crippen molar-refractivity contribution in [3.63, 3.8) is 0 Å². The van der Waals surface area contributed by atoms with Gasteiger partial charge >= 0.3 is 0 Å². The second kappa shape index (κ2) is 8.37. The topological polar surface area (TPSA) is 96.0 Å². The summed E-state index contributed by atoms with van der Waals surface area (Å²) >= 11 is 0. The molecule has 2 saturated heterocycles. The predicted molar refractivity (Wildman–Crippen MR) is 98.8 cm³/mol. The molecule has 9 heteroatoms. The molecule has 0 aromatic heterocycles. The second-order valence-electron chi connectivity index (χ2n) is 6.68. The molecule has 1 aromatic rings. The quantitative estimate of drug-likeness (QED) is 0.781. The lowest BCUT2D eigenvalue weighted by Crippen LogP contribution is -2.49. The van der Waals surface area contributed by atoms with Gasteiger partial charge < -0.3 is 15.0 Å². The van der Waals surface area contributed by atoms with Crippen LogP contribution in [-0.2, 0) is 19.6 Å². The average molecular weight is 395 g/mol. The summed E-state index contributed by atoms with van der Waals surface area (Å²) in [6.45, 7) is 4.13. The van der Waals surface area contributed by atoms with E-state index in [0.29, 0.717) is 31.8 Å². The van der Waals surface area contributed by atoms with Crippen molar-refractivity contribution in [2.75, 3.05) is 39.3 Å². The van der Waals surface area contributed by atoms with Gasteiger partial charge in [-0.05, 0) is 44.0 Å². The van der Waals surface area contributed by atoms with Crippen LogP contribution in [-0.4, -0.2) is 74.9 Å². The molecule has 1 aromatic carbocycles. The van der Waals surface area contributed by atoms with E-state index in [2.05, 4.69) is 5.32 Å². The lowest BCUT2D eigenvalue weighted by Gasteiger charge is -2.32. The fraction of sp³-hybridized carbons (Fsp3) is 0.556. The van der Waals surface area contributed by atoms with E-state index in [4.69, 9.17) is 4.74 Å². The molecule has 0 radical (unpaired) electrons. The summed E-state index contributed by atoms with van der Waals surface area (Å²) in [5.41, 5.74) is 0.447. The van der Waals surface area contributed by atoms with Gasteiger partial charge in [0.15, 0.2) is 0 Å². The van der Waals surface area contributed by atoms with E-state index in [9.17, 15) is 18.0 Å². The van der Waals surface area contributed by atoms with E-state index in [1.165, 1.54) is 24.3 Å². The van der Waals surface area contributed by atoms with Crippen molar-refractivity contribution in [2.24, 2.45) is 0 Å². The van der Waals surface area contributed by atoms with Crippen LogP contribution in [0.5, 0.6) is 0 Å². The molecule has 2 aliphatic heterocycles. The number of nitrogens with zero attached hydrogens (tertiary/aromatic N) is 2. The van der Waals surface area contributed by atoms with Gasteiger partial charge in [0.25, 0.3) is 5.91 Å². The van der Waals surface area contributed by atoms with Crippen LogP contribution < -0.4 is 5.32 Å². The summed E-state index contributed by atoms with van der Waals surface area (Å²) in [5, 5.41) is 2.60. The molecule has 0 saturated carbocycles. The maximum Gasteiger partial charge on any atom is 0.253 e. The lowest BCUT2D eigenvalue weighted by molar-refractivity contribution is -0.122. The summed E-state index contributed by atoms with van der Waals surface area (Å²) < 4.78 is 32.1. The number of carbonyl (C=O) groups is 2. The van der Waals surface area contributed by atoms with Gasteiger partial charge in [0.05, 0.1) is 17.5 Å². The Morgan fingerprint density at radius 3 is 2.67 bits per heavy atom. The third-order valence-corrected chi connectivity index (χ3v) is 6.67. The van der Waals surface area contributed by atoms with Crippen LogP contribution in [0, 0.1) is 0 Å². The number of rotatable bonds is 5. The first kappa shape index (κ1) is 19.8. The normalized spacial score (nSPS) is 21.7. The third kappa shape index (κ3) is 4.48. The van der Waals surface area contributed by atoms with Crippen LogP contribution in [0.4, 0.5) is 0 Å². The Morgan fingerprint density at radius 2 is 2.00 bits per heavy atom. The molecule has 0 spiro atoms. The number of benzene rings is 1. The number of carbonyl (C=O) groups excluding carboxylic acids is 2. The molecule has 2 heterocycles. The van der Waals surface area contributed by atoms with Gasteiger partial charge in [-0.2, -0.15) is 4.31 Å². The van der Waals surface area contributed by atoms with Gasteiger partial charge in [0.2, 0.25) is 15.9 Å². The van der Waals surface area contributed by atoms with Crippen LogP contribution in [0.3, 0.4) is 0 Å². The van der Waals surface area contributed by atoms with E-state index >= 15 is 0 Å². The minimum atomic E-state index is -3.75. The van der Waals surface area contributed by atoms with Crippen molar-refractivity contribution in [3.8, 4) is 0 Å². The molecule has 1 atom stereocenters. The number of hydrogen-bond donors (Lipinski definition) is 1. The number of piperazine rings is 1. The highest BCUT2D eigenvalue weighted by atomic mass is 32.2. The number of sulfonamides is 1. The lowest BCUT2D eigenvalue weighted by atomic mass is 10.1. The van der Waals surface area contributed by atoms with Crippen LogP contribution in [0.15, 0.2) is 29.2 Å². The van der Waals surface area contributed by atoms with E-state index in [1.54, 1.807) is 4.90 Å². The zero-order valence-electron chi connectivity index (χ0n) is 15.4. The van der Waals surface area contributed by atoms with Crippen LogP contribution in [0.2, 0.25) is 0 Å². The molecule has 0 bridgehead atoms. The molecule has 0 aliphatic carbocycles. The van der Waals surface area contributed by atoms with Gasteiger partial charge in [0.1, 0.15) is 0 Å². The molecule has 2 amide bonds. The molecule has 8 nitrogen and oxygen atoms in total. The van der Waals surface area contributed by atoms with E-state index in [-0.39, 0.29) is 35.9 Å². The molecule has 1 N–H and O–H groups in total. The number of ether oxygens (including phenoxy) is 1. The summed E-state index contributed by atoms with van der Waals surface area (Å²) in [6, 6.07) is 5.92. The van der Waals surface area contributed by atoms with E-state index in [0.717, 1.165) is 17.1 Å². The number of hydrogen-bond acceptors (Lipinski definition) is 5. The van der Waals surface area contributed by atoms with Crippen LogP contribution >= 0.6 is 0 Å². The van der Waals surface area contributed by atoms with Crippen molar-refractivity contribution < 1.29 is 22.7 Å². The smallest absolute Gasteiger partial charge is 0.253 e. The van der Waals surface area contributed by atoms with Crippen molar-refractivity contribution in [1.82, 2.24) is 14.5 Å². The van der Waals surface area contributed by atoms with Gasteiger partial charge in [-0.3, -0.25) is 9.59 Å². The Kier molecular flexibility index (Phi) is 6.13. The van der Waals surface area contributed by atoms with Crippen molar-refractivity contribution in [3.05, 3.63) is 29.8 Å². The molecule has 2 fully saturated rings. The fourth-order valence-corrected chi connectivity index (χ4v) is 4.81. The largest absolute Gasteiger partial charge is 0.377 e. The van der Waals surface area contributed by atoms with Crippen molar-refractivity contribution in [2.45, 2.75) is 30.8 Å². The van der Waals surface area contributed by atoms with Crippen LogP contribution in [0.25, 0.3) is 0 Å². The zero-order chi connectivity index (χ0) is 19.4. The number of amides is 2. The Bertz CT molecular complexity index is 792. The summed E-state index contributed by atoms with van der Waals surface area (Å²) in [7, 11) is -3.75. The highest BCUT2D eigenvalue weighted by Gasteiger charge is 2.30. The standard InChI is InChI=1S/C18H25N3O5S/c1-2-26-15-4-3-10-20(12-15)18(23)14-5-7-16(8-6-14)27(24,25)21-11-9-19-17(22)13-21/h5-8,15H,2-4,9-13H2,1H3,(H,19,22). The first-order chi connectivity index (χ1) is 12.9. The minimum absolute atomic E-state index is 0.0533. The maximum atomic E-state index is 12.7. The van der Waals surface area contributed by atoms with Gasteiger partial charge in [-0.15, -0.1) is 0 Å². The first-order valence-electron chi connectivity index (χ1n) is 9.19. The highest BCUT2D eigenvalue weighted by Crippen LogP contribution is 2.20. The number of piperidine rings is 1. The van der Waals surface area contributed by atoms with Gasteiger partial charge in [-0.25, -0.2) is 8.42 Å².